The highest BCUT2D eigenvalue weighted by atomic mass is 16.5. The fourth-order valence-corrected chi connectivity index (χ4v) is 2.95. The van der Waals surface area contributed by atoms with Gasteiger partial charge in [0.25, 0.3) is 5.91 Å². The summed E-state index contributed by atoms with van der Waals surface area (Å²) in [5.74, 6) is 0.0669. The minimum absolute atomic E-state index is 0.0669. The molecule has 0 atom stereocenters. The van der Waals surface area contributed by atoms with E-state index in [1.807, 2.05) is 62.1 Å². The van der Waals surface area contributed by atoms with Crippen molar-refractivity contribution in [1.82, 2.24) is 4.90 Å². The number of carbonyl (C=O) groups excluding carboxylic acids is 1. The van der Waals surface area contributed by atoms with Gasteiger partial charge in [-0.05, 0) is 36.6 Å². The van der Waals surface area contributed by atoms with Crippen LogP contribution in [-0.4, -0.2) is 22.6 Å². The first-order valence-corrected chi connectivity index (χ1v) is 8.13. The third-order valence-corrected chi connectivity index (χ3v) is 3.96. The van der Waals surface area contributed by atoms with Gasteiger partial charge in [-0.25, -0.2) is 5.21 Å². The molecule has 0 aromatic heterocycles. The van der Waals surface area contributed by atoms with Gasteiger partial charge < -0.3 is 4.90 Å². The van der Waals surface area contributed by atoms with Crippen molar-refractivity contribution < 1.29 is 15.5 Å². The molecule has 1 aliphatic rings. The molecule has 3 rings (SSSR count). The number of hydrogen-bond donors (Lipinski definition) is 2. The Labute approximate surface area is 137 Å². The van der Waals surface area contributed by atoms with Crippen LogP contribution in [-0.2, 0) is 13.0 Å². The van der Waals surface area contributed by atoms with E-state index in [-0.39, 0.29) is 5.91 Å². The monoisotopic (exact) mass is 313 g/mol. The lowest BCUT2D eigenvalue weighted by molar-refractivity contribution is -0.826. The molecule has 0 bridgehead atoms. The average Bonchev–Trinajstić information content (AvgIpc) is 2.62. The smallest absolute Gasteiger partial charge is 0.254 e. The molecule has 4 heteroatoms. The van der Waals surface area contributed by atoms with E-state index in [4.69, 9.17) is 0 Å². The van der Waals surface area contributed by atoms with E-state index in [0.717, 1.165) is 34.4 Å². The molecule has 1 amide bonds. The summed E-state index contributed by atoms with van der Waals surface area (Å²) in [7, 11) is 0. The Hall–Kier alpha value is -2.17. The number of amides is 1. The Morgan fingerprint density at radius 1 is 1.17 bits per heavy atom. The van der Waals surface area contributed by atoms with E-state index in [1.54, 1.807) is 0 Å². The van der Waals surface area contributed by atoms with Crippen LogP contribution in [0, 0.1) is 6.92 Å². The summed E-state index contributed by atoms with van der Waals surface area (Å²) < 4.78 is 0. The van der Waals surface area contributed by atoms with Crippen molar-refractivity contribution in [1.29, 1.82) is 0 Å². The Morgan fingerprint density at radius 3 is 2.52 bits per heavy atom. The third kappa shape index (κ3) is 3.78. The molecule has 0 saturated carbocycles. The number of quaternary nitrogens is 1. The molecular weight excluding hydrogens is 288 g/mol. The van der Waals surface area contributed by atoms with Crippen LogP contribution < -0.4 is 5.48 Å². The zero-order chi connectivity index (χ0) is 16.8. The summed E-state index contributed by atoms with van der Waals surface area (Å²) >= 11 is 0. The average molecular weight is 313 g/mol. The van der Waals surface area contributed by atoms with E-state index in [2.05, 4.69) is 6.07 Å². The summed E-state index contributed by atoms with van der Waals surface area (Å²) in [5.41, 5.74) is 6.15. The first-order valence-electron chi connectivity index (χ1n) is 8.13. The molecule has 0 fully saturated rings. The lowest BCUT2D eigenvalue weighted by Gasteiger charge is -2.29. The molecule has 3 N–H and O–H groups in total. The number of carbonyl (C=O) groups is 1. The van der Waals surface area contributed by atoms with Gasteiger partial charge in [0.2, 0.25) is 0 Å². The largest absolute Gasteiger partial charge is 0.334 e. The molecule has 0 radical (unpaired) electrons. The fourth-order valence-electron chi connectivity index (χ4n) is 2.95. The van der Waals surface area contributed by atoms with Crippen LogP contribution >= 0.6 is 0 Å². The number of nitrogens with zero attached hydrogens (tertiary/aromatic N) is 1. The molecule has 2 aromatic carbocycles. The van der Waals surface area contributed by atoms with Crippen molar-refractivity contribution in [2.24, 2.45) is 0 Å². The second-order valence-electron chi connectivity index (χ2n) is 5.46. The SMILES string of the molecule is CC.Cc1cc2c(c([NH2+]O)c1)CCN(C(=O)c1ccccc1)C2. The normalized spacial score (nSPS) is 13.0. The van der Waals surface area contributed by atoms with Crippen molar-refractivity contribution in [3.8, 4) is 0 Å². The van der Waals surface area contributed by atoms with Gasteiger partial charge in [0, 0.05) is 30.3 Å². The molecule has 0 aliphatic carbocycles. The molecule has 23 heavy (non-hydrogen) atoms. The predicted molar refractivity (Wildman–Crippen MR) is 90.8 cm³/mol. The highest BCUT2D eigenvalue weighted by molar-refractivity contribution is 5.94. The summed E-state index contributed by atoms with van der Waals surface area (Å²) in [6.45, 7) is 7.29. The standard InChI is InChI=1S/C17H18N2O2.C2H6/c1-12-9-14-11-19(8-7-15(14)16(10-12)18-21)17(20)13-5-3-2-4-6-13;1-2/h2-6,9-10,18,21H,7-8,11H2,1H3;1-2H3/p+1. The van der Waals surface area contributed by atoms with Gasteiger partial charge in [0.05, 0.1) is 0 Å². The lowest BCUT2D eigenvalue weighted by atomic mass is 9.95. The highest BCUT2D eigenvalue weighted by Crippen LogP contribution is 2.26. The highest BCUT2D eigenvalue weighted by Gasteiger charge is 2.24. The van der Waals surface area contributed by atoms with Gasteiger partial charge in [-0.2, -0.15) is 5.48 Å². The number of rotatable bonds is 2. The minimum atomic E-state index is 0.0669. The molecule has 0 saturated heterocycles. The second kappa shape index (κ2) is 7.90. The molecule has 4 nitrogen and oxygen atoms in total. The maximum absolute atomic E-state index is 12.5. The summed E-state index contributed by atoms with van der Waals surface area (Å²) in [5, 5.41) is 9.37. The van der Waals surface area contributed by atoms with Crippen LogP contribution in [0.3, 0.4) is 0 Å². The molecule has 0 unspecified atom stereocenters. The van der Waals surface area contributed by atoms with E-state index in [1.165, 1.54) is 5.48 Å². The Kier molecular flexibility index (Phi) is 5.90. The molecule has 2 aromatic rings. The van der Waals surface area contributed by atoms with Gasteiger partial charge in [-0.1, -0.05) is 38.1 Å². The number of aryl methyl sites for hydroxylation is 1. The van der Waals surface area contributed by atoms with Crippen molar-refractivity contribution in [3.05, 3.63) is 64.7 Å². The van der Waals surface area contributed by atoms with Crippen LogP contribution in [0.2, 0.25) is 0 Å². The number of hydrogen-bond acceptors (Lipinski definition) is 2. The summed E-state index contributed by atoms with van der Waals surface area (Å²) in [4.78, 5) is 14.4. The summed E-state index contributed by atoms with van der Waals surface area (Å²) in [6.07, 6.45) is 0.778. The van der Waals surface area contributed by atoms with Crippen LogP contribution in [0.1, 0.15) is 40.9 Å². The van der Waals surface area contributed by atoms with E-state index in [9.17, 15) is 10.0 Å². The van der Waals surface area contributed by atoms with Gasteiger partial charge in [-0.15, -0.1) is 0 Å². The number of fused-ring (bicyclic) bond motifs is 1. The van der Waals surface area contributed by atoms with Gasteiger partial charge in [0.1, 0.15) is 0 Å². The van der Waals surface area contributed by atoms with Crippen LogP contribution in [0.25, 0.3) is 0 Å². The predicted octanol–water partition coefficient (Wildman–Crippen LogP) is 2.80. The third-order valence-electron chi connectivity index (χ3n) is 3.96. The van der Waals surface area contributed by atoms with Gasteiger partial charge >= 0.3 is 0 Å². The quantitative estimate of drug-likeness (QED) is 0.661. The van der Waals surface area contributed by atoms with Crippen molar-refractivity contribution >= 4 is 11.6 Å². The van der Waals surface area contributed by atoms with Crippen molar-refractivity contribution in [2.75, 3.05) is 6.54 Å². The molecule has 122 valence electrons. The molecule has 1 heterocycles. The number of benzene rings is 2. The van der Waals surface area contributed by atoms with Crippen LogP contribution in [0.15, 0.2) is 42.5 Å². The molecular formula is C19H25N2O2+. The Morgan fingerprint density at radius 2 is 1.87 bits per heavy atom. The fraction of sp³-hybridized carbons (Fsp3) is 0.316. The zero-order valence-corrected chi connectivity index (χ0v) is 14.0. The molecule has 1 aliphatic heterocycles. The summed E-state index contributed by atoms with van der Waals surface area (Å²) in [6, 6.07) is 13.5. The van der Waals surface area contributed by atoms with Crippen LogP contribution in [0.4, 0.5) is 5.69 Å². The van der Waals surface area contributed by atoms with Crippen molar-refractivity contribution in [3.63, 3.8) is 0 Å². The van der Waals surface area contributed by atoms with E-state index < -0.39 is 0 Å². The minimum Gasteiger partial charge on any atom is -0.334 e. The first-order chi connectivity index (χ1) is 11.2. The van der Waals surface area contributed by atoms with E-state index in [0.29, 0.717) is 13.1 Å². The number of nitrogens with two attached hydrogens (primary N) is 1. The van der Waals surface area contributed by atoms with Gasteiger partial charge in [0.15, 0.2) is 5.69 Å². The second-order valence-corrected chi connectivity index (χ2v) is 5.46. The maximum Gasteiger partial charge on any atom is 0.254 e. The van der Waals surface area contributed by atoms with Crippen LogP contribution in [0.5, 0.6) is 0 Å². The maximum atomic E-state index is 12.5. The Bertz CT molecular complexity index is 669. The van der Waals surface area contributed by atoms with Gasteiger partial charge in [-0.3, -0.25) is 4.79 Å². The topological polar surface area (TPSA) is 57.2 Å². The lowest BCUT2D eigenvalue weighted by Crippen LogP contribution is -2.74. The van der Waals surface area contributed by atoms with E-state index >= 15 is 0 Å². The van der Waals surface area contributed by atoms with Crippen molar-refractivity contribution in [2.45, 2.75) is 33.7 Å². The first kappa shape index (κ1) is 17.2. The zero-order valence-electron chi connectivity index (χ0n) is 14.0. The Balaban J connectivity index is 0.000000924. The molecule has 0 spiro atoms.